The van der Waals surface area contributed by atoms with E-state index in [0.717, 1.165) is 5.56 Å². The Morgan fingerprint density at radius 3 is 2.58 bits per heavy atom. The van der Waals surface area contributed by atoms with Crippen molar-refractivity contribution in [1.29, 1.82) is 0 Å². The molecule has 2 N–H and O–H groups in total. The van der Waals surface area contributed by atoms with E-state index in [0.29, 0.717) is 10.4 Å². The summed E-state index contributed by atoms with van der Waals surface area (Å²) in [4.78, 5) is 32.4. The maximum atomic E-state index is 11.7. The summed E-state index contributed by atoms with van der Waals surface area (Å²) in [6, 6.07) is 9.05. The average Bonchev–Trinajstić information content (AvgIpc) is 2.41. The van der Waals surface area contributed by atoms with Crippen LogP contribution in [0.3, 0.4) is 0 Å². The summed E-state index contributed by atoms with van der Waals surface area (Å²) >= 11 is 0. The molecule has 0 aromatic heterocycles. The minimum Gasteiger partial charge on any atom is -0.427 e. The molecule has 0 saturated heterocycles. The molecular formula is C12H8N4O3. The van der Waals surface area contributed by atoms with Crippen LogP contribution in [0, 0.1) is 0 Å². The monoisotopic (exact) mass is 256 g/mol. The third kappa shape index (κ3) is 1.86. The summed E-state index contributed by atoms with van der Waals surface area (Å²) in [7, 11) is 0. The molecular weight excluding hydrogens is 248 g/mol. The van der Waals surface area contributed by atoms with Crippen LogP contribution in [-0.2, 0) is 0 Å². The van der Waals surface area contributed by atoms with E-state index in [1.54, 1.807) is 12.1 Å². The molecule has 0 fully saturated rings. The topological polar surface area (TPSA) is 101 Å². The zero-order valence-electron chi connectivity index (χ0n) is 9.57. The lowest BCUT2D eigenvalue weighted by molar-refractivity contribution is 0.185. The van der Waals surface area contributed by atoms with Crippen molar-refractivity contribution in [2.75, 3.05) is 0 Å². The van der Waals surface area contributed by atoms with Crippen molar-refractivity contribution in [1.82, 2.24) is 19.7 Å². The van der Waals surface area contributed by atoms with Gasteiger partial charge in [-0.25, -0.2) is 9.78 Å². The third-order valence-corrected chi connectivity index (χ3v) is 2.62. The molecule has 0 unspecified atom stereocenters. The molecule has 94 valence electrons. The second-order valence-corrected chi connectivity index (χ2v) is 3.88. The molecule has 0 bridgehead atoms. The van der Waals surface area contributed by atoms with Crippen molar-refractivity contribution < 1.29 is 5.21 Å². The Morgan fingerprint density at radius 1 is 1.11 bits per heavy atom. The predicted molar refractivity (Wildman–Crippen MR) is 66.2 cm³/mol. The molecule has 2 aliphatic heterocycles. The molecule has 0 atom stereocenters. The van der Waals surface area contributed by atoms with Gasteiger partial charge < -0.3 is 5.21 Å². The van der Waals surface area contributed by atoms with Gasteiger partial charge in [-0.3, -0.25) is 9.78 Å². The van der Waals surface area contributed by atoms with Crippen LogP contribution >= 0.6 is 0 Å². The Balaban J connectivity index is 2.35. The number of H-pyrrole nitrogens is 1. The lowest BCUT2D eigenvalue weighted by Gasteiger charge is -2.09. The minimum absolute atomic E-state index is 0.0940. The van der Waals surface area contributed by atoms with Crippen molar-refractivity contribution in [2.24, 2.45) is 0 Å². The Hall–Kier alpha value is -2.96. The van der Waals surface area contributed by atoms with Gasteiger partial charge in [0, 0.05) is 5.56 Å². The second-order valence-electron chi connectivity index (χ2n) is 3.88. The lowest BCUT2D eigenvalue weighted by Crippen LogP contribution is -2.28. The van der Waals surface area contributed by atoms with E-state index in [1.807, 2.05) is 23.2 Å². The lowest BCUT2D eigenvalue weighted by atomic mass is 10.1. The van der Waals surface area contributed by atoms with Crippen LogP contribution < -0.4 is 11.2 Å². The number of hydrogen-bond acceptors (Lipinski definition) is 5. The SMILES string of the molecule is O=c1nc2n(O)cc(-c3ccccc3)nc-2c(=O)[nH]1. The fourth-order valence-electron chi connectivity index (χ4n) is 1.77. The maximum absolute atomic E-state index is 11.7. The van der Waals surface area contributed by atoms with Gasteiger partial charge in [-0.2, -0.15) is 9.71 Å². The van der Waals surface area contributed by atoms with E-state index in [9.17, 15) is 14.8 Å². The highest BCUT2D eigenvalue weighted by Gasteiger charge is 2.17. The van der Waals surface area contributed by atoms with Gasteiger partial charge in [-0.1, -0.05) is 30.3 Å². The summed E-state index contributed by atoms with van der Waals surface area (Å²) in [5.74, 6) is -0.173. The summed E-state index contributed by atoms with van der Waals surface area (Å²) in [6.07, 6.45) is 1.30. The maximum Gasteiger partial charge on any atom is 0.350 e. The molecule has 0 saturated carbocycles. The summed E-state index contributed by atoms with van der Waals surface area (Å²) in [6.45, 7) is 0. The molecule has 0 aliphatic carbocycles. The number of nitrogens with zero attached hydrogens (tertiary/aromatic N) is 3. The first-order valence-electron chi connectivity index (χ1n) is 5.43. The van der Waals surface area contributed by atoms with Crippen LogP contribution in [0.4, 0.5) is 0 Å². The van der Waals surface area contributed by atoms with Gasteiger partial charge in [-0.05, 0) is 0 Å². The number of aromatic nitrogens is 4. The van der Waals surface area contributed by atoms with E-state index in [2.05, 4.69) is 9.97 Å². The molecule has 3 rings (SSSR count). The van der Waals surface area contributed by atoms with E-state index < -0.39 is 11.2 Å². The normalized spacial score (nSPS) is 10.7. The molecule has 1 aromatic carbocycles. The molecule has 0 spiro atoms. The third-order valence-electron chi connectivity index (χ3n) is 2.62. The van der Waals surface area contributed by atoms with Crippen molar-refractivity contribution in [3.63, 3.8) is 0 Å². The Kier molecular flexibility index (Phi) is 2.38. The first kappa shape index (κ1) is 11.1. The van der Waals surface area contributed by atoms with Crippen LogP contribution in [0.2, 0.25) is 0 Å². The van der Waals surface area contributed by atoms with Crippen LogP contribution in [0.15, 0.2) is 46.1 Å². The number of fused-ring (bicyclic) bond motifs is 1. The van der Waals surface area contributed by atoms with E-state index in [4.69, 9.17) is 0 Å². The number of nitrogens with one attached hydrogen (secondary N) is 1. The van der Waals surface area contributed by atoms with Crippen LogP contribution in [0.1, 0.15) is 0 Å². The van der Waals surface area contributed by atoms with Gasteiger partial charge in [0.25, 0.3) is 5.56 Å². The van der Waals surface area contributed by atoms with Gasteiger partial charge in [-0.15, -0.1) is 0 Å². The molecule has 19 heavy (non-hydrogen) atoms. The molecule has 7 nitrogen and oxygen atoms in total. The summed E-state index contributed by atoms with van der Waals surface area (Å²) < 4.78 is 0.626. The highest BCUT2D eigenvalue weighted by atomic mass is 16.5. The first-order chi connectivity index (χ1) is 9.15. The number of aromatic amines is 1. The van der Waals surface area contributed by atoms with Gasteiger partial charge >= 0.3 is 5.69 Å². The second kappa shape index (κ2) is 4.05. The van der Waals surface area contributed by atoms with Crippen molar-refractivity contribution >= 4 is 0 Å². The fraction of sp³-hybridized carbons (Fsp3) is 0. The smallest absolute Gasteiger partial charge is 0.350 e. The molecule has 0 radical (unpaired) electrons. The predicted octanol–water partition coefficient (Wildman–Crippen LogP) is 0.336. The molecule has 7 heteroatoms. The zero-order valence-corrected chi connectivity index (χ0v) is 9.57. The van der Waals surface area contributed by atoms with E-state index in [-0.39, 0.29) is 11.5 Å². The largest absolute Gasteiger partial charge is 0.427 e. The first-order valence-corrected chi connectivity index (χ1v) is 5.43. The zero-order chi connectivity index (χ0) is 13.4. The Labute approximate surface area is 106 Å². The summed E-state index contributed by atoms with van der Waals surface area (Å²) in [5, 5.41) is 9.78. The van der Waals surface area contributed by atoms with Crippen LogP contribution in [0.25, 0.3) is 22.8 Å². The van der Waals surface area contributed by atoms with Gasteiger partial charge in [0.15, 0.2) is 5.69 Å². The number of benzene rings is 1. The van der Waals surface area contributed by atoms with Crippen LogP contribution in [0.5, 0.6) is 0 Å². The number of hydrogen-bond donors (Lipinski definition) is 2. The standard InChI is InChI=1S/C12H8N4O3/c17-11-9-10(14-12(18)15-11)16(19)6-8(13-9)7-4-2-1-3-5-7/h1-6,19H,(H,15,17,18). The van der Waals surface area contributed by atoms with Crippen LogP contribution in [-0.4, -0.2) is 24.9 Å². The quantitative estimate of drug-likeness (QED) is 0.611. The Bertz CT molecular complexity index is 823. The fourth-order valence-corrected chi connectivity index (χ4v) is 1.77. The van der Waals surface area contributed by atoms with E-state index >= 15 is 0 Å². The highest BCUT2D eigenvalue weighted by molar-refractivity contribution is 5.62. The number of rotatable bonds is 1. The molecule has 2 heterocycles. The minimum atomic E-state index is -0.824. The molecule has 1 aromatic rings. The molecule has 2 aliphatic rings. The highest BCUT2D eigenvalue weighted by Crippen LogP contribution is 2.19. The summed E-state index contributed by atoms with van der Waals surface area (Å²) in [5.41, 5.74) is -0.465. The average molecular weight is 256 g/mol. The van der Waals surface area contributed by atoms with Crippen molar-refractivity contribution in [2.45, 2.75) is 0 Å². The van der Waals surface area contributed by atoms with Crippen molar-refractivity contribution in [3.05, 3.63) is 57.4 Å². The van der Waals surface area contributed by atoms with Gasteiger partial charge in [0.2, 0.25) is 5.82 Å². The molecule has 0 amide bonds. The Morgan fingerprint density at radius 2 is 1.84 bits per heavy atom. The van der Waals surface area contributed by atoms with Gasteiger partial charge in [0.1, 0.15) is 0 Å². The van der Waals surface area contributed by atoms with E-state index in [1.165, 1.54) is 6.20 Å². The van der Waals surface area contributed by atoms with Gasteiger partial charge in [0.05, 0.1) is 11.9 Å². The van der Waals surface area contributed by atoms with Crippen molar-refractivity contribution in [3.8, 4) is 22.8 Å².